The highest BCUT2D eigenvalue weighted by molar-refractivity contribution is 5.91. The molecule has 0 aliphatic rings. The third kappa shape index (κ3) is 5.93. The molecule has 0 fully saturated rings. The van der Waals surface area contributed by atoms with Crippen molar-refractivity contribution in [3.05, 3.63) is 0 Å². The summed E-state index contributed by atoms with van der Waals surface area (Å²) in [5.41, 5.74) is -0.352. The number of hydrogen-bond acceptors (Lipinski definition) is 3. The van der Waals surface area contributed by atoms with E-state index in [1.807, 2.05) is 20.8 Å². The highest BCUT2D eigenvalue weighted by Crippen LogP contribution is 2.31. The zero-order valence-corrected chi connectivity index (χ0v) is 13.8. The SMILES string of the molecule is CCCCCCC(C)(CC)C(=O)[C@@H](CC)NC(=O)OC. The Bertz CT molecular complexity index is 304. The van der Waals surface area contributed by atoms with Crippen LogP contribution in [0.5, 0.6) is 0 Å². The number of rotatable bonds is 10. The van der Waals surface area contributed by atoms with Gasteiger partial charge in [0.25, 0.3) is 0 Å². The van der Waals surface area contributed by atoms with E-state index in [-0.39, 0.29) is 11.2 Å². The molecule has 0 aliphatic heterocycles. The van der Waals surface area contributed by atoms with E-state index in [1.54, 1.807) is 0 Å². The van der Waals surface area contributed by atoms with Gasteiger partial charge in [-0.15, -0.1) is 0 Å². The zero-order chi connectivity index (χ0) is 15.6. The molecular formula is C16H31NO3. The molecule has 0 aromatic rings. The summed E-state index contributed by atoms with van der Waals surface area (Å²) in [5.74, 6) is 0.129. The fourth-order valence-corrected chi connectivity index (χ4v) is 2.39. The van der Waals surface area contributed by atoms with Gasteiger partial charge < -0.3 is 10.1 Å². The number of ether oxygens (including phenoxy) is 1. The molecule has 0 aromatic heterocycles. The van der Waals surface area contributed by atoms with Crippen molar-refractivity contribution in [3.63, 3.8) is 0 Å². The minimum atomic E-state index is -0.533. The van der Waals surface area contributed by atoms with E-state index >= 15 is 0 Å². The Kier molecular flexibility index (Phi) is 9.26. The number of nitrogens with one attached hydrogen (secondary N) is 1. The highest BCUT2D eigenvalue weighted by Gasteiger charge is 2.35. The summed E-state index contributed by atoms with van der Waals surface area (Å²) in [6, 6.07) is -0.446. The molecule has 1 unspecified atom stereocenters. The third-order valence-corrected chi connectivity index (χ3v) is 4.16. The van der Waals surface area contributed by atoms with Gasteiger partial charge in [-0.05, 0) is 19.3 Å². The summed E-state index contributed by atoms with van der Waals surface area (Å²) in [4.78, 5) is 24.0. The fourth-order valence-electron chi connectivity index (χ4n) is 2.39. The lowest BCUT2D eigenvalue weighted by Gasteiger charge is -2.31. The molecule has 118 valence electrons. The number of hydrogen-bond donors (Lipinski definition) is 1. The minimum absolute atomic E-state index is 0.129. The standard InChI is InChI=1S/C16H31NO3/c1-6-9-10-11-12-16(4,8-3)14(18)13(7-2)17-15(19)20-5/h13H,6-12H2,1-5H3,(H,17,19)/t13-,16?/m1/s1. The van der Waals surface area contributed by atoms with Crippen molar-refractivity contribution >= 4 is 11.9 Å². The van der Waals surface area contributed by atoms with Crippen molar-refractivity contribution in [1.82, 2.24) is 5.32 Å². The van der Waals surface area contributed by atoms with Gasteiger partial charge in [0, 0.05) is 5.41 Å². The molecule has 4 heteroatoms. The molecular weight excluding hydrogens is 254 g/mol. The van der Waals surface area contributed by atoms with Gasteiger partial charge >= 0.3 is 6.09 Å². The van der Waals surface area contributed by atoms with Crippen molar-refractivity contribution in [3.8, 4) is 0 Å². The number of carbonyl (C=O) groups is 2. The second-order valence-electron chi connectivity index (χ2n) is 5.69. The van der Waals surface area contributed by atoms with Gasteiger partial charge in [0.2, 0.25) is 0 Å². The van der Waals surface area contributed by atoms with E-state index in [4.69, 9.17) is 0 Å². The van der Waals surface area contributed by atoms with Gasteiger partial charge in [-0.25, -0.2) is 4.79 Å². The molecule has 0 rings (SSSR count). The maximum Gasteiger partial charge on any atom is 0.407 e. The molecule has 0 bridgehead atoms. The Hall–Kier alpha value is -1.06. The van der Waals surface area contributed by atoms with Crippen LogP contribution in [0.15, 0.2) is 0 Å². The number of amides is 1. The van der Waals surface area contributed by atoms with Crippen molar-refractivity contribution in [1.29, 1.82) is 0 Å². The van der Waals surface area contributed by atoms with Gasteiger partial charge in [0.1, 0.15) is 0 Å². The Balaban J connectivity index is 4.64. The van der Waals surface area contributed by atoms with E-state index < -0.39 is 12.1 Å². The van der Waals surface area contributed by atoms with Crippen LogP contribution in [0.25, 0.3) is 0 Å². The molecule has 20 heavy (non-hydrogen) atoms. The topological polar surface area (TPSA) is 55.4 Å². The summed E-state index contributed by atoms with van der Waals surface area (Å²) in [5, 5.41) is 2.65. The van der Waals surface area contributed by atoms with E-state index in [0.29, 0.717) is 6.42 Å². The summed E-state index contributed by atoms with van der Waals surface area (Å²) < 4.78 is 4.59. The van der Waals surface area contributed by atoms with Gasteiger partial charge in [0.15, 0.2) is 5.78 Å². The van der Waals surface area contributed by atoms with Crippen molar-refractivity contribution in [2.45, 2.75) is 78.7 Å². The molecule has 4 nitrogen and oxygen atoms in total. The largest absolute Gasteiger partial charge is 0.453 e. The summed E-state index contributed by atoms with van der Waals surface area (Å²) in [7, 11) is 1.32. The van der Waals surface area contributed by atoms with Gasteiger partial charge in [-0.2, -0.15) is 0 Å². The van der Waals surface area contributed by atoms with E-state index in [9.17, 15) is 9.59 Å². The molecule has 0 aliphatic carbocycles. The summed E-state index contributed by atoms with van der Waals surface area (Å²) >= 11 is 0. The minimum Gasteiger partial charge on any atom is -0.453 e. The summed E-state index contributed by atoms with van der Waals surface area (Å²) in [6.45, 7) is 8.15. The highest BCUT2D eigenvalue weighted by atomic mass is 16.5. The number of unbranched alkanes of at least 4 members (excludes halogenated alkanes) is 3. The first-order valence-electron chi connectivity index (χ1n) is 7.83. The normalized spacial score (nSPS) is 15.2. The van der Waals surface area contributed by atoms with Crippen LogP contribution in [0.2, 0.25) is 0 Å². The van der Waals surface area contributed by atoms with Crippen LogP contribution in [0.3, 0.4) is 0 Å². The molecule has 0 saturated heterocycles. The lowest BCUT2D eigenvalue weighted by Crippen LogP contribution is -2.46. The first-order valence-corrected chi connectivity index (χ1v) is 7.83. The Morgan fingerprint density at radius 1 is 1.15 bits per heavy atom. The number of carbonyl (C=O) groups excluding carboxylic acids is 2. The van der Waals surface area contributed by atoms with Crippen LogP contribution in [0.1, 0.15) is 72.6 Å². The second kappa shape index (κ2) is 9.78. The quantitative estimate of drug-likeness (QED) is 0.615. The number of Topliss-reactive ketones (excluding diaryl/α,β-unsaturated/α-hetero) is 1. The number of ketones is 1. The van der Waals surface area contributed by atoms with Crippen molar-refractivity contribution in [2.24, 2.45) is 5.41 Å². The number of alkyl carbamates (subject to hydrolysis) is 1. The van der Waals surface area contributed by atoms with Crippen LogP contribution >= 0.6 is 0 Å². The van der Waals surface area contributed by atoms with Gasteiger partial charge in [0.05, 0.1) is 13.2 Å². The first kappa shape index (κ1) is 18.9. The molecule has 0 radical (unpaired) electrons. The van der Waals surface area contributed by atoms with Crippen molar-refractivity contribution in [2.75, 3.05) is 7.11 Å². The molecule has 2 atom stereocenters. The average Bonchev–Trinajstić information content (AvgIpc) is 2.47. The molecule has 1 N–H and O–H groups in total. The molecule has 0 aromatic carbocycles. The van der Waals surface area contributed by atoms with Gasteiger partial charge in [-0.3, -0.25) is 4.79 Å². The van der Waals surface area contributed by atoms with E-state index in [2.05, 4.69) is 17.0 Å². The molecule has 1 amide bonds. The summed E-state index contributed by atoms with van der Waals surface area (Å²) in [6.07, 6.45) is 6.40. The third-order valence-electron chi connectivity index (χ3n) is 4.16. The lowest BCUT2D eigenvalue weighted by molar-refractivity contribution is -0.130. The van der Waals surface area contributed by atoms with Crippen molar-refractivity contribution < 1.29 is 14.3 Å². The second-order valence-corrected chi connectivity index (χ2v) is 5.69. The number of methoxy groups -OCH3 is 1. The van der Waals surface area contributed by atoms with Crippen LogP contribution < -0.4 is 5.32 Å². The van der Waals surface area contributed by atoms with Crippen LogP contribution in [0.4, 0.5) is 4.79 Å². The Morgan fingerprint density at radius 3 is 2.25 bits per heavy atom. The van der Waals surface area contributed by atoms with Gasteiger partial charge in [-0.1, -0.05) is 53.4 Å². The van der Waals surface area contributed by atoms with Crippen LogP contribution in [0, 0.1) is 5.41 Å². The molecule has 0 heterocycles. The zero-order valence-electron chi connectivity index (χ0n) is 13.8. The maximum atomic E-state index is 12.7. The van der Waals surface area contributed by atoms with E-state index in [1.165, 1.54) is 26.4 Å². The van der Waals surface area contributed by atoms with Crippen LogP contribution in [-0.2, 0) is 9.53 Å². The Morgan fingerprint density at radius 2 is 1.80 bits per heavy atom. The van der Waals surface area contributed by atoms with Crippen LogP contribution in [-0.4, -0.2) is 25.0 Å². The first-order chi connectivity index (χ1) is 9.45. The maximum absolute atomic E-state index is 12.7. The lowest BCUT2D eigenvalue weighted by atomic mass is 9.75. The van der Waals surface area contributed by atoms with E-state index in [0.717, 1.165) is 19.3 Å². The predicted octanol–water partition coefficient (Wildman–Crippen LogP) is 4.08. The monoisotopic (exact) mass is 285 g/mol. The average molecular weight is 285 g/mol. The smallest absolute Gasteiger partial charge is 0.407 e. The molecule has 0 saturated carbocycles. The predicted molar refractivity (Wildman–Crippen MR) is 81.8 cm³/mol. The fraction of sp³-hybridized carbons (Fsp3) is 0.875. The molecule has 0 spiro atoms. The Labute approximate surface area is 123 Å².